The van der Waals surface area contributed by atoms with Gasteiger partial charge in [-0.1, -0.05) is 42.5 Å². The molecular formula is C18H20FN. The Morgan fingerprint density at radius 2 is 1.85 bits per heavy atom. The van der Waals surface area contributed by atoms with E-state index in [1.807, 2.05) is 18.2 Å². The van der Waals surface area contributed by atoms with Gasteiger partial charge in [0, 0.05) is 12.0 Å². The van der Waals surface area contributed by atoms with Crippen LogP contribution in [0.1, 0.15) is 36.3 Å². The zero-order valence-electron chi connectivity index (χ0n) is 11.6. The number of halogens is 1. The zero-order valence-corrected chi connectivity index (χ0v) is 11.6. The monoisotopic (exact) mass is 269 g/mol. The Bertz CT molecular complexity index is 546. The van der Waals surface area contributed by atoms with Gasteiger partial charge in [-0.05, 0) is 49.1 Å². The Morgan fingerprint density at radius 1 is 1.05 bits per heavy atom. The summed E-state index contributed by atoms with van der Waals surface area (Å²) in [6, 6.07) is 18.0. The molecule has 0 bridgehead atoms. The highest BCUT2D eigenvalue weighted by Crippen LogP contribution is 2.31. The molecule has 1 aliphatic rings. The molecule has 1 fully saturated rings. The molecule has 0 saturated carbocycles. The van der Waals surface area contributed by atoms with Crippen molar-refractivity contribution in [2.24, 2.45) is 0 Å². The Kier molecular flexibility index (Phi) is 4.12. The van der Waals surface area contributed by atoms with Crippen LogP contribution in [0.5, 0.6) is 0 Å². The van der Waals surface area contributed by atoms with Crippen LogP contribution in [0.25, 0.3) is 0 Å². The van der Waals surface area contributed by atoms with Gasteiger partial charge in [-0.15, -0.1) is 0 Å². The van der Waals surface area contributed by atoms with Gasteiger partial charge in [0.25, 0.3) is 0 Å². The van der Waals surface area contributed by atoms with Gasteiger partial charge < -0.3 is 5.32 Å². The first-order valence-corrected chi connectivity index (χ1v) is 7.37. The van der Waals surface area contributed by atoms with E-state index in [9.17, 15) is 4.39 Å². The fourth-order valence-corrected chi connectivity index (χ4v) is 3.12. The molecule has 2 aromatic rings. The van der Waals surface area contributed by atoms with E-state index in [0.717, 1.165) is 18.5 Å². The maximum Gasteiger partial charge on any atom is 0.123 e. The molecule has 0 aromatic heterocycles. The summed E-state index contributed by atoms with van der Waals surface area (Å²) in [5.41, 5.74) is 2.34. The van der Waals surface area contributed by atoms with Gasteiger partial charge in [0.15, 0.2) is 0 Å². The Balaban J connectivity index is 1.90. The number of hydrogen-bond donors (Lipinski definition) is 1. The van der Waals surface area contributed by atoms with Crippen LogP contribution in [-0.4, -0.2) is 12.6 Å². The fraction of sp³-hybridized carbons (Fsp3) is 0.333. The van der Waals surface area contributed by atoms with Crippen molar-refractivity contribution < 1.29 is 4.39 Å². The highest BCUT2D eigenvalue weighted by atomic mass is 19.1. The molecular weight excluding hydrogens is 249 g/mol. The maximum absolute atomic E-state index is 13.5. The second kappa shape index (κ2) is 6.19. The third-order valence-corrected chi connectivity index (χ3v) is 4.14. The molecule has 104 valence electrons. The lowest BCUT2D eigenvalue weighted by molar-refractivity contribution is 0.522. The molecule has 0 radical (unpaired) electrons. The van der Waals surface area contributed by atoms with Gasteiger partial charge in [-0.25, -0.2) is 4.39 Å². The summed E-state index contributed by atoms with van der Waals surface area (Å²) in [6.07, 6.45) is 3.50. The van der Waals surface area contributed by atoms with Crippen molar-refractivity contribution in [3.05, 3.63) is 71.5 Å². The molecule has 1 heterocycles. The molecule has 1 aliphatic heterocycles. The van der Waals surface area contributed by atoms with Gasteiger partial charge in [-0.3, -0.25) is 0 Å². The minimum atomic E-state index is -0.150. The number of nitrogens with one attached hydrogen (secondary N) is 1. The van der Waals surface area contributed by atoms with Gasteiger partial charge in [-0.2, -0.15) is 0 Å². The van der Waals surface area contributed by atoms with Crippen molar-refractivity contribution in [3.63, 3.8) is 0 Å². The van der Waals surface area contributed by atoms with E-state index >= 15 is 0 Å². The molecule has 0 amide bonds. The summed E-state index contributed by atoms with van der Waals surface area (Å²) in [5.74, 6) is 0.116. The number of rotatable bonds is 4. The molecule has 1 nitrogen and oxygen atoms in total. The van der Waals surface area contributed by atoms with Crippen molar-refractivity contribution in [3.8, 4) is 0 Å². The lowest BCUT2D eigenvalue weighted by Gasteiger charge is -2.22. The molecule has 1 N–H and O–H groups in total. The zero-order chi connectivity index (χ0) is 13.8. The largest absolute Gasteiger partial charge is 0.314 e. The SMILES string of the molecule is Fc1cccc([C@H](C[C@@H]2CCCN2)c2ccccc2)c1. The highest BCUT2D eigenvalue weighted by Gasteiger charge is 2.22. The van der Waals surface area contributed by atoms with Gasteiger partial charge >= 0.3 is 0 Å². The molecule has 1 saturated heterocycles. The predicted molar refractivity (Wildman–Crippen MR) is 80.3 cm³/mol. The first kappa shape index (κ1) is 13.3. The molecule has 0 aliphatic carbocycles. The summed E-state index contributed by atoms with van der Waals surface area (Å²) in [7, 11) is 0. The summed E-state index contributed by atoms with van der Waals surface area (Å²) >= 11 is 0. The quantitative estimate of drug-likeness (QED) is 0.881. The van der Waals surface area contributed by atoms with Crippen LogP contribution < -0.4 is 5.32 Å². The van der Waals surface area contributed by atoms with Gasteiger partial charge in [0.2, 0.25) is 0 Å². The smallest absolute Gasteiger partial charge is 0.123 e. The maximum atomic E-state index is 13.5. The number of benzene rings is 2. The first-order valence-electron chi connectivity index (χ1n) is 7.37. The summed E-state index contributed by atoms with van der Waals surface area (Å²) < 4.78 is 13.5. The summed E-state index contributed by atoms with van der Waals surface area (Å²) in [5, 5.41) is 3.55. The van der Waals surface area contributed by atoms with Crippen LogP contribution in [0.2, 0.25) is 0 Å². The van der Waals surface area contributed by atoms with Crippen LogP contribution in [0, 0.1) is 5.82 Å². The Labute approximate surface area is 119 Å². The fourth-order valence-electron chi connectivity index (χ4n) is 3.12. The first-order chi connectivity index (χ1) is 9.83. The Morgan fingerprint density at radius 3 is 2.55 bits per heavy atom. The molecule has 3 rings (SSSR count). The normalized spacial score (nSPS) is 19.9. The van der Waals surface area contributed by atoms with Crippen molar-refractivity contribution >= 4 is 0 Å². The lowest BCUT2D eigenvalue weighted by Crippen LogP contribution is -2.24. The lowest BCUT2D eigenvalue weighted by atomic mass is 9.85. The highest BCUT2D eigenvalue weighted by molar-refractivity contribution is 5.33. The van der Waals surface area contributed by atoms with Gasteiger partial charge in [0.1, 0.15) is 5.82 Å². The molecule has 0 unspecified atom stereocenters. The average molecular weight is 269 g/mol. The van der Waals surface area contributed by atoms with E-state index in [1.165, 1.54) is 24.5 Å². The molecule has 2 aromatic carbocycles. The van der Waals surface area contributed by atoms with Crippen LogP contribution in [0.3, 0.4) is 0 Å². The van der Waals surface area contributed by atoms with E-state index in [4.69, 9.17) is 0 Å². The number of hydrogen-bond acceptors (Lipinski definition) is 1. The van der Waals surface area contributed by atoms with E-state index in [1.54, 1.807) is 6.07 Å². The standard InChI is InChI=1S/C18H20FN/c19-16-9-4-8-15(12-16)18(13-17-10-5-11-20-17)14-6-2-1-3-7-14/h1-4,6-9,12,17-18,20H,5,10-11,13H2/t17-,18+/m0/s1. The van der Waals surface area contributed by atoms with Gasteiger partial charge in [0.05, 0.1) is 0 Å². The Hall–Kier alpha value is -1.67. The van der Waals surface area contributed by atoms with Crippen molar-refractivity contribution in [2.75, 3.05) is 6.54 Å². The summed E-state index contributed by atoms with van der Waals surface area (Å²) in [4.78, 5) is 0. The van der Waals surface area contributed by atoms with Crippen LogP contribution in [0.4, 0.5) is 4.39 Å². The van der Waals surface area contributed by atoms with E-state index < -0.39 is 0 Å². The van der Waals surface area contributed by atoms with Crippen molar-refractivity contribution in [1.82, 2.24) is 5.32 Å². The molecule has 2 heteroatoms. The second-order valence-electron chi connectivity index (χ2n) is 5.55. The second-order valence-corrected chi connectivity index (χ2v) is 5.55. The summed E-state index contributed by atoms with van der Waals surface area (Å²) in [6.45, 7) is 1.11. The van der Waals surface area contributed by atoms with E-state index in [2.05, 4.69) is 29.6 Å². The van der Waals surface area contributed by atoms with E-state index in [-0.39, 0.29) is 11.7 Å². The minimum absolute atomic E-state index is 0.150. The molecule has 0 spiro atoms. The van der Waals surface area contributed by atoms with Crippen LogP contribution in [-0.2, 0) is 0 Å². The van der Waals surface area contributed by atoms with E-state index in [0.29, 0.717) is 6.04 Å². The van der Waals surface area contributed by atoms with Crippen molar-refractivity contribution in [2.45, 2.75) is 31.2 Å². The minimum Gasteiger partial charge on any atom is -0.314 e. The van der Waals surface area contributed by atoms with Crippen LogP contribution in [0.15, 0.2) is 54.6 Å². The molecule has 2 atom stereocenters. The van der Waals surface area contributed by atoms with Crippen molar-refractivity contribution in [1.29, 1.82) is 0 Å². The molecule has 20 heavy (non-hydrogen) atoms. The average Bonchev–Trinajstić information content (AvgIpc) is 2.99. The predicted octanol–water partition coefficient (Wildman–Crippen LogP) is 4.10. The van der Waals surface area contributed by atoms with Crippen LogP contribution >= 0.6 is 0 Å². The topological polar surface area (TPSA) is 12.0 Å². The third kappa shape index (κ3) is 3.07. The third-order valence-electron chi connectivity index (χ3n) is 4.14.